The summed E-state index contributed by atoms with van der Waals surface area (Å²) in [5.41, 5.74) is 6.68. The topological polar surface area (TPSA) is 75.4 Å². The monoisotopic (exact) mass is 299 g/mol. The molecule has 0 aromatic heterocycles. The van der Waals surface area contributed by atoms with Gasteiger partial charge in [-0.15, -0.1) is 0 Å². The van der Waals surface area contributed by atoms with Crippen LogP contribution in [-0.2, 0) is 16.8 Å². The third-order valence-corrected chi connectivity index (χ3v) is 4.46. The molecule has 0 atom stereocenters. The van der Waals surface area contributed by atoms with Crippen LogP contribution in [0.3, 0.4) is 0 Å². The number of rotatable bonds is 6. The number of anilines is 1. The van der Waals surface area contributed by atoms with Crippen LogP contribution in [0, 0.1) is 0 Å². The molecule has 0 bridgehead atoms. The van der Waals surface area contributed by atoms with E-state index in [1.807, 2.05) is 39.8 Å². The third-order valence-electron chi connectivity index (χ3n) is 2.61. The summed E-state index contributed by atoms with van der Waals surface area (Å²) >= 11 is 0. The Morgan fingerprint density at radius 1 is 1.20 bits per heavy atom. The Kier molecular flexibility index (Phi) is 5.56. The van der Waals surface area contributed by atoms with Crippen LogP contribution in [0.4, 0.5) is 5.69 Å². The maximum absolute atomic E-state index is 12.5. The Bertz CT molecular complexity index is 518. The summed E-state index contributed by atoms with van der Waals surface area (Å²) in [6.07, 6.45) is 0.740. The predicted octanol–water partition coefficient (Wildman–Crippen LogP) is 1.99. The molecule has 0 aliphatic carbocycles. The van der Waals surface area contributed by atoms with Gasteiger partial charge in [0.2, 0.25) is 0 Å². The van der Waals surface area contributed by atoms with Crippen LogP contribution >= 0.6 is 0 Å². The lowest BCUT2D eigenvalue weighted by molar-refractivity contribution is 0.488. The Hall–Kier alpha value is -1.11. The number of benzene rings is 1. The van der Waals surface area contributed by atoms with Crippen molar-refractivity contribution >= 4 is 15.9 Å². The van der Waals surface area contributed by atoms with Gasteiger partial charge >= 0.3 is 10.2 Å². The SMILES string of the molecule is CCCN(c1ccc(CN)cc1)S(=O)(=O)NC(C)(C)C. The van der Waals surface area contributed by atoms with E-state index in [0.29, 0.717) is 18.8 Å². The fourth-order valence-corrected chi connectivity index (χ4v) is 3.54. The molecule has 20 heavy (non-hydrogen) atoms. The van der Waals surface area contributed by atoms with Gasteiger partial charge in [0.1, 0.15) is 0 Å². The van der Waals surface area contributed by atoms with Crippen molar-refractivity contribution in [3.8, 4) is 0 Å². The van der Waals surface area contributed by atoms with Gasteiger partial charge in [-0.1, -0.05) is 19.1 Å². The molecule has 1 aromatic rings. The van der Waals surface area contributed by atoms with Gasteiger partial charge < -0.3 is 5.73 Å². The lowest BCUT2D eigenvalue weighted by Gasteiger charge is -2.29. The highest BCUT2D eigenvalue weighted by atomic mass is 32.2. The highest BCUT2D eigenvalue weighted by Gasteiger charge is 2.26. The Morgan fingerprint density at radius 2 is 1.75 bits per heavy atom. The second-order valence-electron chi connectivity index (χ2n) is 5.80. The van der Waals surface area contributed by atoms with Gasteiger partial charge in [-0.2, -0.15) is 13.1 Å². The molecule has 1 aromatic carbocycles. The highest BCUT2D eigenvalue weighted by molar-refractivity contribution is 7.90. The summed E-state index contributed by atoms with van der Waals surface area (Å²) in [5, 5.41) is 0. The van der Waals surface area contributed by atoms with Gasteiger partial charge in [-0.05, 0) is 44.9 Å². The van der Waals surface area contributed by atoms with E-state index in [1.54, 1.807) is 12.1 Å². The van der Waals surface area contributed by atoms with E-state index >= 15 is 0 Å². The zero-order valence-corrected chi connectivity index (χ0v) is 13.5. The van der Waals surface area contributed by atoms with E-state index in [-0.39, 0.29) is 0 Å². The molecule has 114 valence electrons. The summed E-state index contributed by atoms with van der Waals surface area (Å²) in [6.45, 7) is 8.31. The molecule has 0 heterocycles. The quantitative estimate of drug-likeness (QED) is 0.843. The molecule has 1 rings (SSSR count). The normalized spacial score (nSPS) is 12.4. The summed E-state index contributed by atoms with van der Waals surface area (Å²) in [5.74, 6) is 0. The zero-order valence-electron chi connectivity index (χ0n) is 12.7. The second-order valence-corrected chi connectivity index (χ2v) is 7.39. The minimum absolute atomic E-state index is 0.438. The van der Waals surface area contributed by atoms with Gasteiger partial charge in [-0.3, -0.25) is 4.31 Å². The Labute approximate surface area is 122 Å². The van der Waals surface area contributed by atoms with Crippen molar-refractivity contribution in [1.29, 1.82) is 0 Å². The van der Waals surface area contributed by atoms with Crippen LogP contribution in [0.15, 0.2) is 24.3 Å². The maximum atomic E-state index is 12.5. The fraction of sp³-hybridized carbons (Fsp3) is 0.571. The molecule has 0 aliphatic rings. The van der Waals surface area contributed by atoms with E-state index < -0.39 is 15.7 Å². The van der Waals surface area contributed by atoms with E-state index in [9.17, 15) is 8.42 Å². The largest absolute Gasteiger partial charge is 0.326 e. The molecule has 0 aliphatic heterocycles. The van der Waals surface area contributed by atoms with Crippen molar-refractivity contribution in [3.05, 3.63) is 29.8 Å². The number of nitrogens with one attached hydrogen (secondary N) is 1. The first kappa shape index (κ1) is 16.9. The minimum atomic E-state index is -3.56. The summed E-state index contributed by atoms with van der Waals surface area (Å²) in [4.78, 5) is 0. The average Bonchev–Trinajstić information content (AvgIpc) is 2.33. The Morgan fingerprint density at radius 3 is 2.15 bits per heavy atom. The molecule has 0 spiro atoms. The number of hydrogen-bond acceptors (Lipinski definition) is 3. The summed E-state index contributed by atoms with van der Waals surface area (Å²) in [6, 6.07) is 7.29. The molecule has 0 saturated heterocycles. The van der Waals surface area contributed by atoms with Crippen molar-refractivity contribution in [2.24, 2.45) is 5.73 Å². The molecule has 6 heteroatoms. The average molecular weight is 299 g/mol. The van der Waals surface area contributed by atoms with Crippen LogP contribution in [0.1, 0.15) is 39.7 Å². The van der Waals surface area contributed by atoms with E-state index in [1.165, 1.54) is 4.31 Å². The van der Waals surface area contributed by atoms with E-state index in [2.05, 4.69) is 4.72 Å². The molecular formula is C14H25N3O2S. The molecule has 5 nitrogen and oxygen atoms in total. The molecule has 0 amide bonds. The van der Waals surface area contributed by atoms with Crippen LogP contribution in [0.25, 0.3) is 0 Å². The molecule has 0 unspecified atom stereocenters. The minimum Gasteiger partial charge on any atom is -0.326 e. The highest BCUT2D eigenvalue weighted by Crippen LogP contribution is 2.20. The van der Waals surface area contributed by atoms with Crippen molar-refractivity contribution in [1.82, 2.24) is 4.72 Å². The second kappa shape index (κ2) is 6.56. The standard InChI is InChI=1S/C14H25N3O2S/c1-5-10-17(20(18,19)16-14(2,3)4)13-8-6-12(11-15)7-9-13/h6-9,16H,5,10-11,15H2,1-4H3. The van der Waals surface area contributed by atoms with Crippen molar-refractivity contribution in [3.63, 3.8) is 0 Å². The molecule has 0 fully saturated rings. The number of hydrogen-bond donors (Lipinski definition) is 2. The van der Waals surface area contributed by atoms with Crippen molar-refractivity contribution in [2.45, 2.75) is 46.2 Å². The predicted molar refractivity (Wildman–Crippen MR) is 83.8 cm³/mol. The Balaban J connectivity index is 3.09. The lowest BCUT2D eigenvalue weighted by atomic mass is 10.1. The van der Waals surface area contributed by atoms with Crippen LogP contribution < -0.4 is 14.8 Å². The molecule has 0 saturated carbocycles. The van der Waals surface area contributed by atoms with Crippen LogP contribution in [-0.4, -0.2) is 20.5 Å². The third kappa shape index (κ3) is 4.77. The van der Waals surface area contributed by atoms with Crippen molar-refractivity contribution < 1.29 is 8.42 Å². The molecule has 0 radical (unpaired) electrons. The van der Waals surface area contributed by atoms with Gasteiger partial charge in [0.25, 0.3) is 0 Å². The van der Waals surface area contributed by atoms with E-state index in [0.717, 1.165) is 12.0 Å². The van der Waals surface area contributed by atoms with E-state index in [4.69, 9.17) is 5.73 Å². The first-order valence-electron chi connectivity index (χ1n) is 6.80. The summed E-state index contributed by atoms with van der Waals surface area (Å²) in [7, 11) is -3.56. The van der Waals surface area contributed by atoms with Crippen LogP contribution in [0.2, 0.25) is 0 Å². The van der Waals surface area contributed by atoms with Gasteiger partial charge in [0, 0.05) is 18.6 Å². The van der Waals surface area contributed by atoms with Gasteiger partial charge in [0.15, 0.2) is 0 Å². The van der Waals surface area contributed by atoms with Gasteiger partial charge in [0.05, 0.1) is 5.69 Å². The molecule has 3 N–H and O–H groups in total. The first-order valence-corrected chi connectivity index (χ1v) is 8.24. The zero-order chi connectivity index (χ0) is 15.4. The van der Waals surface area contributed by atoms with Crippen LogP contribution in [0.5, 0.6) is 0 Å². The number of nitrogens with two attached hydrogens (primary N) is 1. The van der Waals surface area contributed by atoms with Crippen molar-refractivity contribution in [2.75, 3.05) is 10.8 Å². The molecular weight excluding hydrogens is 274 g/mol. The fourth-order valence-electron chi connectivity index (χ4n) is 1.83. The first-order chi connectivity index (χ1) is 9.19. The smallest absolute Gasteiger partial charge is 0.302 e. The maximum Gasteiger partial charge on any atom is 0.302 e. The number of nitrogens with zero attached hydrogens (tertiary/aromatic N) is 1. The van der Waals surface area contributed by atoms with Gasteiger partial charge in [-0.25, -0.2) is 0 Å². The summed E-state index contributed by atoms with van der Waals surface area (Å²) < 4.78 is 29.0. The lowest BCUT2D eigenvalue weighted by Crippen LogP contribution is -2.49.